The maximum absolute atomic E-state index is 13.0. The summed E-state index contributed by atoms with van der Waals surface area (Å²) < 4.78 is 11.4. The maximum Gasteiger partial charge on any atom is 0.309 e. The van der Waals surface area contributed by atoms with Crippen LogP contribution in [0.25, 0.3) is 0 Å². The molecule has 1 N–H and O–H groups in total. The lowest BCUT2D eigenvalue weighted by atomic mass is 9.77. The number of esters is 1. The number of rotatable bonds is 3. The highest BCUT2D eigenvalue weighted by Gasteiger charge is 2.43. The van der Waals surface area contributed by atoms with Crippen LogP contribution in [0.15, 0.2) is 24.3 Å². The topological polar surface area (TPSA) is 84.9 Å². The van der Waals surface area contributed by atoms with E-state index in [0.29, 0.717) is 50.4 Å². The van der Waals surface area contributed by atoms with Gasteiger partial charge in [0.2, 0.25) is 5.91 Å². The molecule has 0 radical (unpaired) electrons. The molecule has 7 heteroatoms. The van der Waals surface area contributed by atoms with E-state index < -0.39 is 5.60 Å². The van der Waals surface area contributed by atoms with E-state index in [1.54, 1.807) is 6.07 Å². The van der Waals surface area contributed by atoms with Gasteiger partial charge in [-0.3, -0.25) is 14.4 Å². The maximum atomic E-state index is 13.0. The molecule has 1 aliphatic carbocycles. The number of nitrogens with one attached hydrogen (secondary N) is 1. The van der Waals surface area contributed by atoms with Gasteiger partial charge < -0.3 is 19.7 Å². The second kappa shape index (κ2) is 8.66. The van der Waals surface area contributed by atoms with Crippen LogP contribution in [-0.4, -0.2) is 54.5 Å². The van der Waals surface area contributed by atoms with Crippen LogP contribution >= 0.6 is 0 Å². The van der Waals surface area contributed by atoms with Crippen molar-refractivity contribution in [1.82, 2.24) is 10.2 Å². The summed E-state index contributed by atoms with van der Waals surface area (Å²) in [6.45, 7) is 3.91. The van der Waals surface area contributed by atoms with Crippen molar-refractivity contribution in [2.24, 2.45) is 11.8 Å². The van der Waals surface area contributed by atoms with Crippen molar-refractivity contribution in [1.29, 1.82) is 0 Å². The zero-order valence-corrected chi connectivity index (χ0v) is 17.5. The summed E-state index contributed by atoms with van der Waals surface area (Å²) in [5.41, 5.74) is 0.118. The van der Waals surface area contributed by atoms with Crippen molar-refractivity contribution >= 4 is 17.8 Å². The zero-order valence-electron chi connectivity index (χ0n) is 17.5. The monoisotopic (exact) mass is 414 g/mol. The van der Waals surface area contributed by atoms with E-state index in [-0.39, 0.29) is 29.6 Å². The quantitative estimate of drug-likeness (QED) is 0.769. The normalized spacial score (nSPS) is 26.9. The first-order chi connectivity index (χ1) is 14.5. The van der Waals surface area contributed by atoms with Gasteiger partial charge in [0.05, 0.1) is 24.6 Å². The number of para-hydroxylation sites is 1. The summed E-state index contributed by atoms with van der Waals surface area (Å²) in [6, 6.07) is 7.33. The number of nitrogens with zero attached hydrogens (tertiary/aromatic N) is 1. The highest BCUT2D eigenvalue weighted by Crippen LogP contribution is 2.39. The predicted octanol–water partition coefficient (Wildman–Crippen LogP) is 2.54. The molecule has 1 saturated carbocycles. The molecular formula is C23H30N2O5. The van der Waals surface area contributed by atoms with E-state index in [1.165, 1.54) is 0 Å². The standard InChI is InChI=1S/C23H30N2O5/c1-2-29-22(28)17-9-13-25(14-10-17)21(27)16-7-11-23(12-8-16)15-24-20(26)18-5-3-4-6-19(18)30-23/h3-6,16-17H,2,7-15H2,1H3,(H,24,26). The van der Waals surface area contributed by atoms with Gasteiger partial charge in [-0.1, -0.05) is 12.1 Å². The number of hydrogen-bond acceptors (Lipinski definition) is 5. The lowest BCUT2D eigenvalue weighted by Gasteiger charge is -2.41. The fourth-order valence-electron chi connectivity index (χ4n) is 4.87. The van der Waals surface area contributed by atoms with Crippen LogP contribution in [0.3, 0.4) is 0 Å². The summed E-state index contributed by atoms with van der Waals surface area (Å²) in [7, 11) is 0. The summed E-state index contributed by atoms with van der Waals surface area (Å²) in [5, 5.41) is 2.99. The van der Waals surface area contributed by atoms with E-state index in [0.717, 1.165) is 25.7 Å². The molecule has 2 amide bonds. The SMILES string of the molecule is CCOC(=O)C1CCN(C(=O)C2CCC3(CC2)CNC(=O)c2ccccc2O3)CC1. The Kier molecular flexibility index (Phi) is 5.97. The second-order valence-corrected chi connectivity index (χ2v) is 8.59. The second-order valence-electron chi connectivity index (χ2n) is 8.59. The molecule has 1 spiro atoms. The van der Waals surface area contributed by atoms with E-state index in [4.69, 9.17) is 9.47 Å². The molecule has 2 fully saturated rings. The average Bonchev–Trinajstić information content (AvgIpc) is 2.91. The third-order valence-electron chi connectivity index (χ3n) is 6.70. The van der Waals surface area contributed by atoms with Crippen molar-refractivity contribution in [2.75, 3.05) is 26.2 Å². The molecule has 162 valence electrons. The number of carbonyl (C=O) groups excluding carboxylic acids is 3. The van der Waals surface area contributed by atoms with Crippen molar-refractivity contribution in [3.63, 3.8) is 0 Å². The fraction of sp³-hybridized carbons (Fsp3) is 0.609. The summed E-state index contributed by atoms with van der Waals surface area (Å²) >= 11 is 0. The Labute approximate surface area is 177 Å². The van der Waals surface area contributed by atoms with Gasteiger partial charge in [0.15, 0.2) is 0 Å². The third kappa shape index (κ3) is 4.16. The van der Waals surface area contributed by atoms with Gasteiger partial charge in [0.25, 0.3) is 5.91 Å². The van der Waals surface area contributed by atoms with Crippen molar-refractivity contribution in [3.8, 4) is 5.75 Å². The number of benzene rings is 1. The van der Waals surface area contributed by atoms with Gasteiger partial charge >= 0.3 is 5.97 Å². The van der Waals surface area contributed by atoms with E-state index in [9.17, 15) is 14.4 Å². The molecule has 0 unspecified atom stereocenters. The van der Waals surface area contributed by atoms with E-state index in [2.05, 4.69) is 5.32 Å². The van der Waals surface area contributed by atoms with Crippen molar-refractivity contribution in [3.05, 3.63) is 29.8 Å². The Hall–Kier alpha value is -2.57. The molecule has 1 saturated heterocycles. The molecule has 0 bridgehead atoms. The van der Waals surface area contributed by atoms with Crippen LogP contribution in [0.1, 0.15) is 55.8 Å². The Morgan fingerprint density at radius 3 is 2.53 bits per heavy atom. The molecule has 1 aromatic rings. The smallest absolute Gasteiger partial charge is 0.309 e. The van der Waals surface area contributed by atoms with Crippen LogP contribution in [0.2, 0.25) is 0 Å². The number of ether oxygens (including phenoxy) is 2. The minimum absolute atomic E-state index is 0.0208. The number of carbonyl (C=O) groups is 3. The Morgan fingerprint density at radius 2 is 1.83 bits per heavy atom. The van der Waals surface area contributed by atoms with E-state index >= 15 is 0 Å². The molecule has 4 rings (SSSR count). The fourth-order valence-corrected chi connectivity index (χ4v) is 4.87. The summed E-state index contributed by atoms with van der Waals surface area (Å²) in [4.78, 5) is 39.2. The number of hydrogen-bond donors (Lipinski definition) is 1. The molecule has 0 atom stereocenters. The van der Waals surface area contributed by atoms with Gasteiger partial charge in [-0.25, -0.2) is 0 Å². The Morgan fingerprint density at radius 1 is 1.13 bits per heavy atom. The van der Waals surface area contributed by atoms with Crippen LogP contribution < -0.4 is 10.1 Å². The minimum Gasteiger partial charge on any atom is -0.485 e. The lowest BCUT2D eigenvalue weighted by molar-refractivity contribution is -0.152. The molecule has 2 heterocycles. The third-order valence-corrected chi connectivity index (χ3v) is 6.70. The van der Waals surface area contributed by atoms with Crippen LogP contribution in [0, 0.1) is 11.8 Å². The van der Waals surface area contributed by atoms with Gasteiger partial charge in [-0.15, -0.1) is 0 Å². The number of fused-ring (bicyclic) bond motifs is 1. The molecule has 30 heavy (non-hydrogen) atoms. The average molecular weight is 415 g/mol. The van der Waals surface area contributed by atoms with Crippen molar-refractivity contribution in [2.45, 2.75) is 51.0 Å². The summed E-state index contributed by atoms with van der Waals surface area (Å²) in [6.07, 6.45) is 4.30. The molecule has 7 nitrogen and oxygen atoms in total. The predicted molar refractivity (Wildman–Crippen MR) is 110 cm³/mol. The first-order valence-electron chi connectivity index (χ1n) is 11.0. The molecule has 3 aliphatic rings. The number of amides is 2. The van der Waals surface area contributed by atoms with E-state index in [1.807, 2.05) is 30.0 Å². The van der Waals surface area contributed by atoms with Crippen LogP contribution in [0.5, 0.6) is 5.75 Å². The highest BCUT2D eigenvalue weighted by atomic mass is 16.5. The first kappa shape index (κ1) is 20.7. The minimum atomic E-state index is -0.448. The van der Waals surface area contributed by atoms with Gasteiger partial charge in [-0.05, 0) is 57.6 Å². The van der Waals surface area contributed by atoms with Gasteiger partial charge in [0, 0.05) is 19.0 Å². The molecule has 2 aliphatic heterocycles. The molecule has 0 aromatic heterocycles. The zero-order chi connectivity index (χ0) is 21.1. The van der Waals surface area contributed by atoms with Crippen molar-refractivity contribution < 1.29 is 23.9 Å². The Balaban J connectivity index is 1.33. The Bertz CT molecular complexity index is 808. The number of likely N-dealkylation sites (tertiary alicyclic amines) is 1. The van der Waals surface area contributed by atoms with Crippen LogP contribution in [-0.2, 0) is 14.3 Å². The number of piperidine rings is 1. The largest absolute Gasteiger partial charge is 0.485 e. The lowest BCUT2D eigenvalue weighted by Crippen LogP contribution is -2.50. The van der Waals surface area contributed by atoms with Gasteiger partial charge in [0.1, 0.15) is 11.4 Å². The first-order valence-corrected chi connectivity index (χ1v) is 11.0. The molecular weight excluding hydrogens is 384 g/mol. The molecule has 1 aromatic carbocycles. The highest BCUT2D eigenvalue weighted by molar-refractivity contribution is 5.97. The van der Waals surface area contributed by atoms with Gasteiger partial charge in [-0.2, -0.15) is 0 Å². The summed E-state index contributed by atoms with van der Waals surface area (Å²) in [5.74, 6) is 0.449. The van der Waals surface area contributed by atoms with Crippen LogP contribution in [0.4, 0.5) is 0 Å².